The molecule has 2 bridgehead atoms. The molecule has 0 radical (unpaired) electrons. The van der Waals surface area contributed by atoms with Crippen LogP contribution in [0.1, 0.15) is 86.5 Å². The molecule has 0 saturated carbocycles. The van der Waals surface area contributed by atoms with E-state index >= 15 is 0 Å². The van der Waals surface area contributed by atoms with E-state index in [4.69, 9.17) is 9.47 Å². The summed E-state index contributed by atoms with van der Waals surface area (Å²) < 4.78 is 12.4. The number of ether oxygens (including phenoxy) is 2. The number of aliphatic hydroxyl groups excluding tert-OH is 1. The van der Waals surface area contributed by atoms with Crippen molar-refractivity contribution in [2.24, 2.45) is 17.3 Å². The molecule has 3 aliphatic heterocycles. The van der Waals surface area contributed by atoms with E-state index in [1.54, 1.807) is 11.0 Å². The van der Waals surface area contributed by atoms with E-state index in [2.05, 4.69) is 33.9 Å². The van der Waals surface area contributed by atoms with E-state index in [9.17, 15) is 19.5 Å². The third-order valence-electron chi connectivity index (χ3n) is 8.64. The molecule has 5 atom stereocenters. The van der Waals surface area contributed by atoms with Crippen molar-refractivity contribution in [3.05, 3.63) is 25.3 Å². The van der Waals surface area contributed by atoms with Gasteiger partial charge in [-0.3, -0.25) is 14.4 Å². The number of hydrogen-bond acceptors (Lipinski definition) is 6. The normalized spacial score (nSPS) is 29.9. The molecule has 3 saturated heterocycles. The van der Waals surface area contributed by atoms with E-state index in [-0.39, 0.29) is 37.0 Å². The van der Waals surface area contributed by atoms with Crippen LogP contribution in [-0.2, 0) is 23.9 Å². The lowest BCUT2D eigenvalue weighted by atomic mass is 9.66. The van der Waals surface area contributed by atoms with Crippen LogP contribution in [0.25, 0.3) is 0 Å². The van der Waals surface area contributed by atoms with E-state index < -0.39 is 40.6 Å². The maximum Gasteiger partial charge on any atom is 0.312 e. The summed E-state index contributed by atoms with van der Waals surface area (Å²) in [5, 5.41) is 9.60. The molecule has 8 heteroatoms. The Morgan fingerprint density at radius 3 is 2.44 bits per heavy atom. The van der Waals surface area contributed by atoms with Crippen molar-refractivity contribution in [1.29, 1.82) is 0 Å². The van der Waals surface area contributed by atoms with Gasteiger partial charge in [-0.2, -0.15) is 0 Å². The first-order valence-electron chi connectivity index (χ1n) is 14.5. The molecule has 8 nitrogen and oxygen atoms in total. The Bertz CT molecular complexity index is 955. The first kappa shape index (κ1) is 31.3. The number of rotatable bonds is 14. The Kier molecular flexibility index (Phi) is 9.43. The summed E-state index contributed by atoms with van der Waals surface area (Å²) in [5.41, 5.74) is -2.54. The van der Waals surface area contributed by atoms with E-state index in [0.717, 1.165) is 25.7 Å². The van der Waals surface area contributed by atoms with Crippen LogP contribution < -0.4 is 0 Å². The third kappa shape index (κ3) is 5.97. The summed E-state index contributed by atoms with van der Waals surface area (Å²) in [7, 11) is 0. The fourth-order valence-electron chi connectivity index (χ4n) is 7.50. The molecule has 0 aromatic rings. The monoisotopic (exact) mass is 546 g/mol. The standard InChI is InChI=1S/C31H50N2O6/c1-9-11-12-13-20-38-27(37)23-22-25(35)32(18-14-19-34)24(31(22)16-15-30(23,8)39-31)26(36)33(17-10-2)29(6,7)21-28(3,4)5/h9-10,22-24,34H,1-2,11-21H2,3-8H3/t22-,23-,24?,30+,31?/m0/s1. The molecule has 3 heterocycles. The molecule has 1 N–H and O–H groups in total. The second-order valence-electron chi connectivity index (χ2n) is 13.6. The number of unbranched alkanes of at least 4 members (excludes halogenated alkanes) is 2. The predicted octanol–water partition coefficient (Wildman–Crippen LogP) is 4.26. The lowest BCUT2D eigenvalue weighted by Gasteiger charge is -2.45. The van der Waals surface area contributed by atoms with Gasteiger partial charge in [0, 0.05) is 25.2 Å². The van der Waals surface area contributed by atoms with Crippen molar-refractivity contribution >= 4 is 17.8 Å². The van der Waals surface area contributed by atoms with Gasteiger partial charge < -0.3 is 24.4 Å². The second kappa shape index (κ2) is 11.7. The highest BCUT2D eigenvalue weighted by Crippen LogP contribution is 2.63. The Balaban J connectivity index is 1.99. The van der Waals surface area contributed by atoms with Gasteiger partial charge in [-0.1, -0.05) is 32.9 Å². The van der Waals surface area contributed by atoms with Gasteiger partial charge in [0.1, 0.15) is 17.6 Å². The minimum atomic E-state index is -1.11. The molecule has 0 aromatic carbocycles. The smallest absolute Gasteiger partial charge is 0.312 e. The molecule has 2 unspecified atom stereocenters. The highest BCUT2D eigenvalue weighted by molar-refractivity contribution is 5.98. The van der Waals surface area contributed by atoms with Crippen LogP contribution in [0, 0.1) is 17.3 Å². The van der Waals surface area contributed by atoms with Gasteiger partial charge in [0.2, 0.25) is 11.8 Å². The van der Waals surface area contributed by atoms with Crippen LogP contribution in [0.5, 0.6) is 0 Å². The fourth-order valence-corrected chi connectivity index (χ4v) is 7.50. The fraction of sp³-hybridized carbons (Fsp3) is 0.774. The summed E-state index contributed by atoms with van der Waals surface area (Å²) in [4.78, 5) is 45.5. The number of fused-ring (bicyclic) bond motifs is 1. The predicted molar refractivity (Wildman–Crippen MR) is 151 cm³/mol. The summed E-state index contributed by atoms with van der Waals surface area (Å²) in [5.74, 6) is -2.45. The van der Waals surface area contributed by atoms with Gasteiger partial charge in [0.05, 0.1) is 18.1 Å². The molecular formula is C31H50N2O6. The van der Waals surface area contributed by atoms with Crippen molar-refractivity contribution in [3.63, 3.8) is 0 Å². The van der Waals surface area contributed by atoms with Crippen molar-refractivity contribution < 1.29 is 29.0 Å². The molecule has 3 rings (SSSR count). The van der Waals surface area contributed by atoms with Crippen LogP contribution in [0.3, 0.4) is 0 Å². The Morgan fingerprint density at radius 2 is 1.85 bits per heavy atom. The summed E-state index contributed by atoms with van der Waals surface area (Å²) >= 11 is 0. The number of likely N-dealkylation sites (tertiary alicyclic amines) is 1. The Labute approximate surface area is 234 Å². The first-order valence-corrected chi connectivity index (χ1v) is 14.5. The lowest BCUT2D eigenvalue weighted by Crippen LogP contribution is -2.61. The van der Waals surface area contributed by atoms with Gasteiger partial charge in [0.15, 0.2) is 0 Å². The zero-order valence-electron chi connectivity index (χ0n) is 25.0. The number of aliphatic hydroxyl groups is 1. The van der Waals surface area contributed by atoms with E-state index in [1.165, 1.54) is 0 Å². The van der Waals surface area contributed by atoms with Crippen molar-refractivity contribution in [1.82, 2.24) is 9.80 Å². The summed E-state index contributed by atoms with van der Waals surface area (Å²) in [6.07, 6.45) is 8.15. The minimum Gasteiger partial charge on any atom is -0.465 e. The van der Waals surface area contributed by atoms with Crippen molar-refractivity contribution in [3.8, 4) is 0 Å². The van der Waals surface area contributed by atoms with Crippen LogP contribution in [-0.4, -0.2) is 81.8 Å². The van der Waals surface area contributed by atoms with Gasteiger partial charge in [0.25, 0.3) is 0 Å². The highest BCUT2D eigenvalue weighted by Gasteiger charge is 2.78. The second-order valence-corrected chi connectivity index (χ2v) is 13.6. The number of carbonyl (C=O) groups excluding carboxylic acids is 3. The maximum absolute atomic E-state index is 14.6. The molecule has 3 aliphatic rings. The van der Waals surface area contributed by atoms with Crippen LogP contribution in [0.15, 0.2) is 25.3 Å². The number of amides is 2. The van der Waals surface area contributed by atoms with Crippen molar-refractivity contribution in [2.75, 3.05) is 26.3 Å². The Hall–Kier alpha value is -2.19. The molecule has 2 amide bonds. The molecular weight excluding hydrogens is 496 g/mol. The van der Waals surface area contributed by atoms with E-state index in [0.29, 0.717) is 25.8 Å². The number of hydrogen-bond donors (Lipinski definition) is 1. The zero-order chi connectivity index (χ0) is 29.2. The molecule has 39 heavy (non-hydrogen) atoms. The topological polar surface area (TPSA) is 96.4 Å². The zero-order valence-corrected chi connectivity index (χ0v) is 25.0. The van der Waals surface area contributed by atoms with Crippen molar-refractivity contribution in [2.45, 2.75) is 109 Å². The average molecular weight is 547 g/mol. The van der Waals surface area contributed by atoms with Gasteiger partial charge in [-0.25, -0.2) is 0 Å². The summed E-state index contributed by atoms with van der Waals surface area (Å²) in [6, 6.07) is -0.882. The van der Waals surface area contributed by atoms with Crippen LogP contribution in [0.2, 0.25) is 0 Å². The first-order chi connectivity index (χ1) is 18.2. The SMILES string of the molecule is C=CCCCCOC(=O)[C@@H]1[C@H]2C(=O)N(CCCO)C(C(=O)N(CC=C)C(C)(C)CC(C)(C)C)C23CC[C@@]1(C)O3. The maximum atomic E-state index is 14.6. The molecule has 1 spiro atoms. The molecule has 220 valence electrons. The summed E-state index contributed by atoms with van der Waals surface area (Å²) in [6.45, 7) is 20.7. The quantitative estimate of drug-likeness (QED) is 0.199. The average Bonchev–Trinajstić information content (AvgIpc) is 3.39. The molecule has 0 aliphatic carbocycles. The lowest BCUT2D eigenvalue weighted by molar-refractivity contribution is -0.161. The van der Waals surface area contributed by atoms with E-state index in [1.807, 2.05) is 31.7 Å². The number of allylic oxidation sites excluding steroid dienone is 1. The number of nitrogens with zero attached hydrogens (tertiary/aromatic N) is 2. The van der Waals surface area contributed by atoms with Gasteiger partial charge >= 0.3 is 5.97 Å². The number of carbonyl (C=O) groups is 3. The van der Waals surface area contributed by atoms with Crippen LogP contribution >= 0.6 is 0 Å². The highest BCUT2D eigenvalue weighted by atomic mass is 16.6. The third-order valence-corrected chi connectivity index (χ3v) is 8.64. The largest absolute Gasteiger partial charge is 0.465 e. The number of esters is 1. The van der Waals surface area contributed by atoms with Crippen LogP contribution in [0.4, 0.5) is 0 Å². The molecule has 0 aromatic heterocycles. The Morgan fingerprint density at radius 1 is 1.15 bits per heavy atom. The molecule has 3 fully saturated rings. The van der Waals surface area contributed by atoms with Gasteiger partial charge in [-0.05, 0) is 71.1 Å². The van der Waals surface area contributed by atoms with Gasteiger partial charge in [-0.15, -0.1) is 13.2 Å². The minimum absolute atomic E-state index is 0.0393.